The van der Waals surface area contributed by atoms with Crippen molar-refractivity contribution in [2.24, 2.45) is 0 Å². The molecule has 0 aromatic carbocycles. The molecule has 17 heavy (non-hydrogen) atoms. The van der Waals surface area contributed by atoms with Crippen LogP contribution in [-0.4, -0.2) is 42.6 Å². The van der Waals surface area contributed by atoms with Gasteiger partial charge in [0.05, 0.1) is 12.2 Å². The molecule has 0 aromatic rings. The van der Waals surface area contributed by atoms with Crippen LogP contribution in [0.15, 0.2) is 0 Å². The highest BCUT2D eigenvalue weighted by Gasteiger charge is 2.23. The zero-order valence-electron chi connectivity index (χ0n) is 11.5. The minimum Gasteiger partial charge on any atom is -0.371 e. The van der Waals surface area contributed by atoms with Crippen LogP contribution >= 0.6 is 11.6 Å². The average molecular weight is 262 g/mol. The van der Waals surface area contributed by atoms with Gasteiger partial charge in [0, 0.05) is 19.0 Å². The fraction of sp³-hybridized carbons (Fsp3) is 1.00. The molecule has 3 heteroatoms. The van der Waals surface area contributed by atoms with Gasteiger partial charge in [-0.1, -0.05) is 39.0 Å². The Bertz CT molecular complexity index is 189. The molecule has 0 spiro atoms. The first-order valence-electron chi connectivity index (χ1n) is 7.20. The van der Waals surface area contributed by atoms with Crippen LogP contribution in [0.3, 0.4) is 0 Å². The van der Waals surface area contributed by atoms with Crippen molar-refractivity contribution in [3.63, 3.8) is 0 Å². The molecule has 1 rings (SSSR count). The zero-order valence-corrected chi connectivity index (χ0v) is 12.2. The Morgan fingerprint density at radius 2 is 1.82 bits per heavy atom. The van der Waals surface area contributed by atoms with Gasteiger partial charge >= 0.3 is 0 Å². The summed E-state index contributed by atoms with van der Waals surface area (Å²) in [5.74, 6) is 0.622. The lowest BCUT2D eigenvalue weighted by molar-refractivity contribution is -0.0665. The molecule has 0 radical (unpaired) electrons. The molecule has 0 aliphatic carbocycles. The summed E-state index contributed by atoms with van der Waals surface area (Å²) >= 11 is 5.88. The highest BCUT2D eigenvalue weighted by atomic mass is 35.5. The van der Waals surface area contributed by atoms with Gasteiger partial charge in [0.25, 0.3) is 0 Å². The van der Waals surface area contributed by atoms with Crippen molar-refractivity contribution in [3.8, 4) is 0 Å². The van der Waals surface area contributed by atoms with E-state index >= 15 is 0 Å². The Kier molecular flexibility index (Phi) is 8.25. The summed E-state index contributed by atoms with van der Waals surface area (Å²) in [5, 5.41) is 0. The summed E-state index contributed by atoms with van der Waals surface area (Å²) < 4.78 is 5.75. The van der Waals surface area contributed by atoms with Gasteiger partial charge in [-0.2, -0.15) is 0 Å². The van der Waals surface area contributed by atoms with Crippen LogP contribution in [0.4, 0.5) is 0 Å². The molecule has 102 valence electrons. The Hall–Kier alpha value is 0.210. The second-order valence-electron chi connectivity index (χ2n) is 5.25. The van der Waals surface area contributed by atoms with Gasteiger partial charge in [0.15, 0.2) is 0 Å². The minimum atomic E-state index is 0.237. The maximum atomic E-state index is 5.88. The van der Waals surface area contributed by atoms with Crippen LogP contribution in [0.2, 0.25) is 0 Å². The molecule has 0 N–H and O–H groups in total. The van der Waals surface area contributed by atoms with E-state index in [9.17, 15) is 0 Å². The largest absolute Gasteiger partial charge is 0.371 e. The summed E-state index contributed by atoms with van der Waals surface area (Å²) in [6, 6.07) is 0. The third kappa shape index (κ3) is 6.64. The first-order valence-corrected chi connectivity index (χ1v) is 7.73. The predicted molar refractivity (Wildman–Crippen MR) is 74.9 cm³/mol. The molecule has 0 bridgehead atoms. The molecule has 2 nitrogen and oxygen atoms in total. The number of hydrogen-bond acceptors (Lipinski definition) is 2. The fourth-order valence-electron chi connectivity index (χ4n) is 2.52. The summed E-state index contributed by atoms with van der Waals surface area (Å²) in [7, 11) is 0. The highest BCUT2D eigenvalue weighted by Crippen LogP contribution is 2.13. The maximum Gasteiger partial charge on any atom is 0.0841 e. The second kappa shape index (κ2) is 9.18. The molecule has 1 fully saturated rings. The van der Waals surface area contributed by atoms with Crippen molar-refractivity contribution in [3.05, 3.63) is 0 Å². The molecular weight excluding hydrogens is 234 g/mol. The topological polar surface area (TPSA) is 12.5 Å². The molecule has 1 saturated heterocycles. The normalized spacial score (nSPS) is 26.3. The number of ether oxygens (including phenoxy) is 1. The van der Waals surface area contributed by atoms with Gasteiger partial charge in [-0.15, -0.1) is 11.6 Å². The number of alkyl halides is 1. The maximum absolute atomic E-state index is 5.88. The second-order valence-corrected chi connectivity index (χ2v) is 5.56. The Balaban J connectivity index is 2.05. The van der Waals surface area contributed by atoms with Crippen LogP contribution in [0.1, 0.15) is 52.4 Å². The zero-order chi connectivity index (χ0) is 12.5. The third-order valence-corrected chi connectivity index (χ3v) is 3.75. The molecule has 2 unspecified atom stereocenters. The Morgan fingerprint density at radius 1 is 1.12 bits per heavy atom. The van der Waals surface area contributed by atoms with Crippen molar-refractivity contribution < 1.29 is 4.74 Å². The van der Waals surface area contributed by atoms with Gasteiger partial charge in [0.1, 0.15) is 0 Å². The summed E-state index contributed by atoms with van der Waals surface area (Å²) in [6.07, 6.45) is 8.80. The Labute approximate surface area is 112 Å². The number of halogens is 1. The lowest BCUT2D eigenvalue weighted by Gasteiger charge is -2.36. The van der Waals surface area contributed by atoms with Crippen LogP contribution in [0, 0.1) is 0 Å². The van der Waals surface area contributed by atoms with Crippen molar-refractivity contribution >= 4 is 11.6 Å². The van der Waals surface area contributed by atoms with E-state index in [1.54, 1.807) is 0 Å². The molecule has 1 aliphatic heterocycles. The summed E-state index contributed by atoms with van der Waals surface area (Å²) in [6.45, 7) is 7.72. The number of unbranched alkanes of at least 4 members (excludes halogenated alkanes) is 5. The molecule has 1 aliphatic rings. The third-order valence-electron chi connectivity index (χ3n) is 3.40. The van der Waals surface area contributed by atoms with Gasteiger partial charge in [-0.25, -0.2) is 0 Å². The average Bonchev–Trinajstić information content (AvgIpc) is 2.33. The van der Waals surface area contributed by atoms with E-state index in [2.05, 4.69) is 18.7 Å². The molecule has 0 aromatic heterocycles. The van der Waals surface area contributed by atoms with Gasteiger partial charge in [-0.3, -0.25) is 4.90 Å². The number of rotatable bonds is 8. The SMILES string of the molecule is CCCCCCCCN1CC(C)OC(CCl)C1. The van der Waals surface area contributed by atoms with Crippen molar-refractivity contribution in [1.29, 1.82) is 0 Å². The lowest BCUT2D eigenvalue weighted by Crippen LogP contribution is -2.47. The van der Waals surface area contributed by atoms with E-state index < -0.39 is 0 Å². The Morgan fingerprint density at radius 3 is 2.53 bits per heavy atom. The van der Waals surface area contributed by atoms with Crippen LogP contribution < -0.4 is 0 Å². The standard InChI is InChI=1S/C14H28ClNO/c1-3-4-5-6-7-8-9-16-11-13(2)17-14(10-15)12-16/h13-14H,3-12H2,1-2H3. The van der Waals surface area contributed by atoms with Gasteiger partial charge < -0.3 is 4.74 Å². The van der Waals surface area contributed by atoms with E-state index in [0.717, 1.165) is 13.1 Å². The first kappa shape index (κ1) is 15.3. The van der Waals surface area contributed by atoms with E-state index in [-0.39, 0.29) is 6.10 Å². The van der Waals surface area contributed by atoms with Crippen molar-refractivity contribution in [1.82, 2.24) is 4.90 Å². The fourth-order valence-corrected chi connectivity index (χ4v) is 2.69. The van der Waals surface area contributed by atoms with E-state index in [4.69, 9.17) is 16.3 Å². The number of nitrogens with zero attached hydrogens (tertiary/aromatic N) is 1. The van der Waals surface area contributed by atoms with Crippen LogP contribution in [0.5, 0.6) is 0 Å². The summed E-state index contributed by atoms with van der Waals surface area (Å²) in [4.78, 5) is 2.51. The minimum absolute atomic E-state index is 0.237. The van der Waals surface area contributed by atoms with E-state index in [1.807, 2.05) is 0 Å². The number of morpholine rings is 1. The molecule has 1 heterocycles. The smallest absolute Gasteiger partial charge is 0.0841 e. The lowest BCUT2D eigenvalue weighted by atomic mass is 10.1. The molecule has 0 saturated carbocycles. The van der Waals surface area contributed by atoms with E-state index in [1.165, 1.54) is 45.1 Å². The van der Waals surface area contributed by atoms with Gasteiger partial charge in [0.2, 0.25) is 0 Å². The van der Waals surface area contributed by atoms with Crippen molar-refractivity contribution in [2.75, 3.05) is 25.5 Å². The first-order chi connectivity index (χ1) is 8.26. The quantitative estimate of drug-likeness (QED) is 0.488. The molecule has 2 atom stereocenters. The van der Waals surface area contributed by atoms with Crippen molar-refractivity contribution in [2.45, 2.75) is 64.6 Å². The summed E-state index contributed by atoms with van der Waals surface area (Å²) in [5.41, 5.74) is 0. The van der Waals surface area contributed by atoms with E-state index in [0.29, 0.717) is 12.0 Å². The van der Waals surface area contributed by atoms with Gasteiger partial charge in [-0.05, 0) is 19.9 Å². The number of hydrogen-bond donors (Lipinski definition) is 0. The van der Waals surface area contributed by atoms with Crippen LogP contribution in [-0.2, 0) is 4.74 Å². The monoisotopic (exact) mass is 261 g/mol. The highest BCUT2D eigenvalue weighted by molar-refractivity contribution is 6.18. The molecule has 0 amide bonds. The van der Waals surface area contributed by atoms with Crippen LogP contribution in [0.25, 0.3) is 0 Å². The predicted octanol–water partition coefficient (Wildman–Crippen LogP) is 3.68. The molecular formula is C14H28ClNO.